The van der Waals surface area contributed by atoms with Gasteiger partial charge in [-0.1, -0.05) is 24.3 Å². The van der Waals surface area contributed by atoms with Gasteiger partial charge in [0.1, 0.15) is 0 Å². The lowest BCUT2D eigenvalue weighted by molar-refractivity contribution is -0.125. The summed E-state index contributed by atoms with van der Waals surface area (Å²) >= 11 is 0. The summed E-state index contributed by atoms with van der Waals surface area (Å²) in [6, 6.07) is 8.83. The number of rotatable bonds is 2. The highest BCUT2D eigenvalue weighted by Gasteiger charge is 2.56. The summed E-state index contributed by atoms with van der Waals surface area (Å²) in [7, 11) is 0. The third-order valence-electron chi connectivity index (χ3n) is 3.92. The molecule has 2 aliphatic carbocycles. The molecule has 17 heavy (non-hydrogen) atoms. The van der Waals surface area contributed by atoms with Gasteiger partial charge < -0.3 is 11.1 Å². The Morgan fingerprint density at radius 2 is 2.12 bits per heavy atom. The van der Waals surface area contributed by atoms with Crippen LogP contribution in [0, 0.1) is 5.92 Å². The van der Waals surface area contributed by atoms with Crippen LogP contribution in [0.2, 0.25) is 0 Å². The standard InChI is InChI=1S/C14H18N2O/c1-14(2,15)13(17)16-12-10-7-8-5-3-4-6-9(8)11(10)12/h3-6,10-12H,7,15H2,1-2H3,(H,16,17). The van der Waals surface area contributed by atoms with E-state index in [0.717, 1.165) is 6.42 Å². The van der Waals surface area contributed by atoms with Crippen LogP contribution >= 0.6 is 0 Å². The maximum atomic E-state index is 11.8. The zero-order chi connectivity index (χ0) is 12.2. The van der Waals surface area contributed by atoms with E-state index in [1.165, 1.54) is 11.1 Å². The van der Waals surface area contributed by atoms with Crippen molar-refractivity contribution in [2.24, 2.45) is 11.7 Å². The highest BCUT2D eigenvalue weighted by atomic mass is 16.2. The van der Waals surface area contributed by atoms with E-state index in [0.29, 0.717) is 17.9 Å². The minimum Gasteiger partial charge on any atom is -0.351 e. The molecule has 0 spiro atoms. The van der Waals surface area contributed by atoms with E-state index in [9.17, 15) is 4.79 Å². The maximum Gasteiger partial charge on any atom is 0.239 e. The Bertz CT molecular complexity index is 475. The lowest BCUT2D eigenvalue weighted by Crippen LogP contribution is -2.50. The second kappa shape index (κ2) is 3.33. The number of benzene rings is 1. The Morgan fingerprint density at radius 3 is 2.82 bits per heavy atom. The van der Waals surface area contributed by atoms with Gasteiger partial charge in [0.05, 0.1) is 5.54 Å². The third kappa shape index (κ3) is 1.65. The largest absolute Gasteiger partial charge is 0.351 e. The first-order chi connectivity index (χ1) is 7.98. The number of fused-ring (bicyclic) bond motifs is 3. The van der Waals surface area contributed by atoms with E-state index >= 15 is 0 Å². The quantitative estimate of drug-likeness (QED) is 0.801. The average Bonchev–Trinajstić information content (AvgIpc) is 2.78. The molecule has 0 aromatic heterocycles. The molecule has 1 aromatic carbocycles. The Hall–Kier alpha value is -1.35. The number of amides is 1. The predicted molar refractivity (Wildman–Crippen MR) is 66.6 cm³/mol. The number of carbonyl (C=O) groups is 1. The van der Waals surface area contributed by atoms with Gasteiger partial charge in [-0.05, 0) is 37.3 Å². The predicted octanol–water partition coefficient (Wildman–Crippen LogP) is 1.18. The van der Waals surface area contributed by atoms with Crippen molar-refractivity contribution >= 4 is 5.91 Å². The van der Waals surface area contributed by atoms with Crippen LogP contribution in [0.3, 0.4) is 0 Å². The molecular weight excluding hydrogens is 212 g/mol. The van der Waals surface area contributed by atoms with E-state index in [2.05, 4.69) is 29.6 Å². The van der Waals surface area contributed by atoms with E-state index in [1.54, 1.807) is 13.8 Å². The van der Waals surface area contributed by atoms with Crippen LogP contribution in [0.25, 0.3) is 0 Å². The lowest BCUT2D eigenvalue weighted by atomic mass is 10.0. The first-order valence-corrected chi connectivity index (χ1v) is 6.16. The molecule has 0 heterocycles. The van der Waals surface area contributed by atoms with E-state index in [-0.39, 0.29) is 5.91 Å². The number of carbonyl (C=O) groups excluding carboxylic acids is 1. The van der Waals surface area contributed by atoms with Crippen molar-refractivity contribution in [3.8, 4) is 0 Å². The molecule has 0 aliphatic heterocycles. The Kier molecular flexibility index (Phi) is 2.11. The molecule has 1 fully saturated rings. The molecule has 90 valence electrons. The van der Waals surface area contributed by atoms with E-state index < -0.39 is 5.54 Å². The highest BCUT2D eigenvalue weighted by molar-refractivity contribution is 5.86. The van der Waals surface area contributed by atoms with Crippen LogP contribution < -0.4 is 11.1 Å². The summed E-state index contributed by atoms with van der Waals surface area (Å²) in [5, 5.41) is 3.07. The van der Waals surface area contributed by atoms with Crippen molar-refractivity contribution in [1.29, 1.82) is 0 Å². The van der Waals surface area contributed by atoms with Crippen LogP contribution in [-0.2, 0) is 11.2 Å². The topological polar surface area (TPSA) is 55.1 Å². The molecule has 1 aromatic rings. The molecule has 3 unspecified atom stereocenters. The molecule has 3 atom stereocenters. The van der Waals surface area contributed by atoms with Crippen LogP contribution in [0.4, 0.5) is 0 Å². The number of hydrogen-bond donors (Lipinski definition) is 2. The minimum atomic E-state index is -0.781. The summed E-state index contributed by atoms with van der Waals surface area (Å²) in [5.41, 5.74) is 7.87. The van der Waals surface area contributed by atoms with Gasteiger partial charge in [-0.3, -0.25) is 4.79 Å². The summed E-state index contributed by atoms with van der Waals surface area (Å²) in [6.07, 6.45) is 1.09. The van der Waals surface area contributed by atoms with Crippen molar-refractivity contribution in [2.45, 2.75) is 37.8 Å². The van der Waals surface area contributed by atoms with Crippen molar-refractivity contribution in [1.82, 2.24) is 5.32 Å². The molecular formula is C14H18N2O. The van der Waals surface area contributed by atoms with Crippen molar-refractivity contribution in [3.05, 3.63) is 35.4 Å². The second-order valence-corrected chi connectivity index (χ2v) is 5.81. The summed E-state index contributed by atoms with van der Waals surface area (Å²) in [4.78, 5) is 11.8. The first-order valence-electron chi connectivity index (χ1n) is 6.16. The molecule has 1 saturated carbocycles. The fourth-order valence-electron chi connectivity index (χ4n) is 2.89. The number of hydrogen-bond acceptors (Lipinski definition) is 2. The van der Waals surface area contributed by atoms with Crippen LogP contribution in [0.15, 0.2) is 24.3 Å². The first kappa shape index (κ1) is 10.8. The third-order valence-corrected chi connectivity index (χ3v) is 3.92. The Labute approximate surface area is 101 Å². The molecule has 3 rings (SSSR count). The molecule has 3 heteroatoms. The minimum absolute atomic E-state index is 0.0469. The highest BCUT2D eigenvalue weighted by Crippen LogP contribution is 2.56. The molecule has 3 nitrogen and oxygen atoms in total. The molecule has 1 amide bonds. The molecule has 2 aliphatic rings. The van der Waals surface area contributed by atoms with Gasteiger partial charge in [0, 0.05) is 12.0 Å². The Balaban J connectivity index is 1.72. The molecule has 0 radical (unpaired) electrons. The van der Waals surface area contributed by atoms with Gasteiger partial charge in [0.25, 0.3) is 0 Å². The van der Waals surface area contributed by atoms with Gasteiger partial charge in [-0.2, -0.15) is 0 Å². The van der Waals surface area contributed by atoms with Gasteiger partial charge in [0.2, 0.25) is 5.91 Å². The van der Waals surface area contributed by atoms with Crippen LogP contribution in [-0.4, -0.2) is 17.5 Å². The SMILES string of the molecule is CC(C)(N)C(=O)NC1C2Cc3ccccc3C21. The number of nitrogens with one attached hydrogen (secondary N) is 1. The lowest BCUT2D eigenvalue weighted by Gasteiger charge is -2.19. The summed E-state index contributed by atoms with van der Waals surface area (Å²) in [6.45, 7) is 3.49. The summed E-state index contributed by atoms with van der Waals surface area (Å²) < 4.78 is 0. The smallest absolute Gasteiger partial charge is 0.239 e. The van der Waals surface area contributed by atoms with Crippen molar-refractivity contribution in [3.63, 3.8) is 0 Å². The molecule has 0 bridgehead atoms. The van der Waals surface area contributed by atoms with Crippen molar-refractivity contribution < 1.29 is 4.79 Å². The zero-order valence-electron chi connectivity index (χ0n) is 10.2. The van der Waals surface area contributed by atoms with E-state index in [1.807, 2.05) is 0 Å². The maximum absolute atomic E-state index is 11.8. The fourth-order valence-corrected chi connectivity index (χ4v) is 2.89. The van der Waals surface area contributed by atoms with Gasteiger partial charge in [0.15, 0.2) is 0 Å². The van der Waals surface area contributed by atoms with Crippen LogP contribution in [0.1, 0.15) is 30.9 Å². The zero-order valence-corrected chi connectivity index (χ0v) is 10.2. The second-order valence-electron chi connectivity index (χ2n) is 5.81. The number of nitrogens with two attached hydrogens (primary N) is 1. The van der Waals surface area contributed by atoms with Crippen molar-refractivity contribution in [2.75, 3.05) is 0 Å². The normalized spacial score (nSPS) is 29.5. The monoisotopic (exact) mass is 230 g/mol. The molecule has 3 N–H and O–H groups in total. The van der Waals surface area contributed by atoms with Crippen LogP contribution in [0.5, 0.6) is 0 Å². The Morgan fingerprint density at radius 1 is 1.41 bits per heavy atom. The molecule has 0 saturated heterocycles. The van der Waals surface area contributed by atoms with E-state index in [4.69, 9.17) is 5.73 Å². The summed E-state index contributed by atoms with van der Waals surface area (Å²) in [5.74, 6) is 1.07. The van der Waals surface area contributed by atoms with Gasteiger partial charge in [-0.25, -0.2) is 0 Å². The van der Waals surface area contributed by atoms with Gasteiger partial charge >= 0.3 is 0 Å². The fraction of sp³-hybridized carbons (Fsp3) is 0.500. The van der Waals surface area contributed by atoms with Gasteiger partial charge in [-0.15, -0.1) is 0 Å². The average molecular weight is 230 g/mol.